The molecule has 4 aromatic rings. The number of hydrogen-bond acceptors (Lipinski definition) is 6. The van der Waals surface area contributed by atoms with Crippen molar-refractivity contribution in [2.75, 3.05) is 43.5 Å². The Kier molecular flexibility index (Phi) is 6.44. The number of carbonyl (C=O) groups excluding carboxylic acids is 2. The van der Waals surface area contributed by atoms with E-state index < -0.39 is 0 Å². The Morgan fingerprint density at radius 2 is 1.78 bits per heavy atom. The van der Waals surface area contributed by atoms with Crippen molar-refractivity contribution in [3.8, 4) is 11.8 Å². The zero-order valence-electron chi connectivity index (χ0n) is 19.9. The molecule has 2 amide bonds. The highest BCUT2D eigenvalue weighted by Gasteiger charge is 2.25. The lowest BCUT2D eigenvalue weighted by Crippen LogP contribution is -2.50. The molecule has 9 heteroatoms. The van der Waals surface area contributed by atoms with Crippen molar-refractivity contribution >= 4 is 34.0 Å². The van der Waals surface area contributed by atoms with Crippen molar-refractivity contribution < 1.29 is 19.4 Å². The van der Waals surface area contributed by atoms with Gasteiger partial charge in [0.25, 0.3) is 5.91 Å². The maximum absolute atomic E-state index is 13.1. The molecule has 3 heterocycles. The Morgan fingerprint density at radius 3 is 2.56 bits per heavy atom. The van der Waals surface area contributed by atoms with Crippen LogP contribution >= 0.6 is 0 Å². The fourth-order valence-electron chi connectivity index (χ4n) is 4.50. The van der Waals surface area contributed by atoms with Crippen LogP contribution in [-0.2, 0) is 11.3 Å². The third-order valence-electron chi connectivity index (χ3n) is 6.40. The van der Waals surface area contributed by atoms with Crippen molar-refractivity contribution in [2.45, 2.75) is 6.54 Å². The number of aromatic nitrogens is 2. The van der Waals surface area contributed by atoms with E-state index in [1.165, 1.54) is 7.11 Å². The molecule has 1 aliphatic rings. The number of fused-ring (bicyclic) bond motifs is 1. The number of anilines is 2. The Bertz CT molecular complexity index is 1410. The highest BCUT2D eigenvalue weighted by atomic mass is 16.5. The molecular weight excluding hydrogens is 458 g/mol. The highest BCUT2D eigenvalue weighted by molar-refractivity contribution is 6.08. The lowest BCUT2D eigenvalue weighted by molar-refractivity contribution is -0.132. The van der Waals surface area contributed by atoms with E-state index in [1.807, 2.05) is 42.5 Å². The number of piperazine rings is 1. The third-order valence-corrected chi connectivity index (χ3v) is 6.40. The highest BCUT2D eigenvalue weighted by Crippen LogP contribution is 2.27. The van der Waals surface area contributed by atoms with Gasteiger partial charge in [-0.2, -0.15) is 0 Å². The van der Waals surface area contributed by atoms with E-state index in [-0.39, 0.29) is 24.2 Å². The molecule has 1 aliphatic heterocycles. The summed E-state index contributed by atoms with van der Waals surface area (Å²) in [7, 11) is 1.52. The van der Waals surface area contributed by atoms with Crippen LogP contribution < -0.4 is 15.0 Å². The van der Waals surface area contributed by atoms with Crippen molar-refractivity contribution in [3.05, 3.63) is 78.6 Å². The third kappa shape index (κ3) is 4.68. The lowest BCUT2D eigenvalue weighted by atomic mass is 10.1. The summed E-state index contributed by atoms with van der Waals surface area (Å²) < 4.78 is 6.72. The Balaban J connectivity index is 1.24. The molecule has 0 radical (unpaired) electrons. The van der Waals surface area contributed by atoms with E-state index in [4.69, 9.17) is 4.74 Å². The normalized spacial score (nSPS) is 13.6. The molecule has 1 fully saturated rings. The van der Waals surface area contributed by atoms with Gasteiger partial charge in [0.15, 0.2) is 5.88 Å². The van der Waals surface area contributed by atoms with Crippen molar-refractivity contribution in [1.82, 2.24) is 14.5 Å². The van der Waals surface area contributed by atoms with Crippen LogP contribution in [0.25, 0.3) is 10.8 Å². The van der Waals surface area contributed by atoms with Gasteiger partial charge in [-0.05, 0) is 24.3 Å². The van der Waals surface area contributed by atoms with E-state index >= 15 is 0 Å². The first-order valence-electron chi connectivity index (χ1n) is 11.7. The predicted octanol–water partition coefficient (Wildman–Crippen LogP) is 3.35. The first-order chi connectivity index (χ1) is 17.5. The summed E-state index contributed by atoms with van der Waals surface area (Å²) in [6, 6.07) is 18.3. The average molecular weight is 486 g/mol. The maximum atomic E-state index is 13.1. The summed E-state index contributed by atoms with van der Waals surface area (Å²) in [6.07, 6.45) is 3.37. The SMILES string of the molecule is COc1cc(NC(=O)c2ccccc2N2CCN(C(=O)Cn3cc4ccccc4c3O)CC2)ccn1. The van der Waals surface area contributed by atoms with Gasteiger partial charge in [-0.15, -0.1) is 0 Å². The molecule has 2 aromatic heterocycles. The van der Waals surface area contributed by atoms with Crippen LogP contribution in [0, 0.1) is 0 Å². The van der Waals surface area contributed by atoms with Crippen LogP contribution in [0.5, 0.6) is 11.8 Å². The summed E-state index contributed by atoms with van der Waals surface area (Å²) in [4.78, 5) is 34.0. The number of nitrogens with one attached hydrogen (secondary N) is 1. The van der Waals surface area contributed by atoms with Crippen molar-refractivity contribution in [2.24, 2.45) is 0 Å². The zero-order valence-corrected chi connectivity index (χ0v) is 19.9. The van der Waals surface area contributed by atoms with E-state index in [0.29, 0.717) is 43.3 Å². The molecule has 0 saturated carbocycles. The second-order valence-electron chi connectivity index (χ2n) is 8.59. The van der Waals surface area contributed by atoms with Crippen molar-refractivity contribution in [3.63, 3.8) is 0 Å². The van der Waals surface area contributed by atoms with Gasteiger partial charge in [0.05, 0.1) is 12.7 Å². The molecular formula is C27H27N5O4. The summed E-state index contributed by atoms with van der Waals surface area (Å²) in [6.45, 7) is 2.32. The number of rotatable bonds is 6. The van der Waals surface area contributed by atoms with Gasteiger partial charge in [0.2, 0.25) is 11.8 Å². The molecule has 36 heavy (non-hydrogen) atoms. The smallest absolute Gasteiger partial charge is 0.257 e. The van der Waals surface area contributed by atoms with Gasteiger partial charge in [0.1, 0.15) is 6.54 Å². The quantitative estimate of drug-likeness (QED) is 0.435. The fourth-order valence-corrected chi connectivity index (χ4v) is 4.50. The molecule has 0 spiro atoms. The Hall–Kier alpha value is -4.53. The minimum absolute atomic E-state index is 0.0529. The molecule has 2 N–H and O–H groups in total. The minimum Gasteiger partial charge on any atom is -0.494 e. The van der Waals surface area contributed by atoms with Crippen LogP contribution in [0.15, 0.2) is 73.1 Å². The van der Waals surface area contributed by atoms with E-state index in [0.717, 1.165) is 16.5 Å². The molecule has 184 valence electrons. The van der Waals surface area contributed by atoms with Crippen LogP contribution in [-0.4, -0.2) is 64.7 Å². The van der Waals surface area contributed by atoms with Gasteiger partial charge >= 0.3 is 0 Å². The summed E-state index contributed by atoms with van der Waals surface area (Å²) >= 11 is 0. The van der Waals surface area contributed by atoms with Crippen LogP contribution in [0.1, 0.15) is 10.4 Å². The molecule has 5 rings (SSSR count). The fraction of sp³-hybridized carbons (Fsp3) is 0.222. The number of para-hydroxylation sites is 1. The minimum atomic E-state index is -0.229. The number of carbonyl (C=O) groups is 2. The van der Waals surface area contributed by atoms with Crippen molar-refractivity contribution in [1.29, 1.82) is 0 Å². The lowest BCUT2D eigenvalue weighted by Gasteiger charge is -2.37. The number of methoxy groups -OCH3 is 1. The average Bonchev–Trinajstić information content (AvgIpc) is 3.23. The summed E-state index contributed by atoms with van der Waals surface area (Å²) in [5.74, 6) is 0.239. The second kappa shape index (κ2) is 9.99. The largest absolute Gasteiger partial charge is 0.494 e. The van der Waals surface area contributed by atoms with Gasteiger partial charge in [-0.1, -0.05) is 30.3 Å². The molecule has 0 bridgehead atoms. The maximum Gasteiger partial charge on any atom is 0.257 e. The molecule has 0 atom stereocenters. The molecule has 2 aromatic carbocycles. The number of amides is 2. The summed E-state index contributed by atoms with van der Waals surface area (Å²) in [5.41, 5.74) is 1.97. The number of nitrogens with zero attached hydrogens (tertiary/aromatic N) is 4. The molecule has 0 aliphatic carbocycles. The number of benzene rings is 2. The monoisotopic (exact) mass is 485 g/mol. The summed E-state index contributed by atoms with van der Waals surface area (Å²) in [5, 5.41) is 15.0. The molecule has 1 saturated heterocycles. The van der Waals surface area contributed by atoms with Gasteiger partial charge in [-0.25, -0.2) is 4.98 Å². The second-order valence-corrected chi connectivity index (χ2v) is 8.59. The van der Waals surface area contributed by atoms with Gasteiger partial charge < -0.3 is 29.5 Å². The van der Waals surface area contributed by atoms with Crippen LogP contribution in [0.2, 0.25) is 0 Å². The van der Waals surface area contributed by atoms with Crippen LogP contribution in [0.3, 0.4) is 0 Å². The Labute approximate surface area is 208 Å². The van der Waals surface area contributed by atoms with E-state index in [9.17, 15) is 14.7 Å². The predicted molar refractivity (Wildman–Crippen MR) is 138 cm³/mol. The first kappa shape index (κ1) is 23.2. The number of ether oxygens (including phenoxy) is 1. The number of aromatic hydroxyl groups is 1. The first-order valence-corrected chi connectivity index (χ1v) is 11.7. The molecule has 0 unspecified atom stereocenters. The van der Waals surface area contributed by atoms with Gasteiger partial charge in [0, 0.05) is 66.8 Å². The standard InChI is InChI=1S/C27H27N5O4/c1-36-24-16-20(10-11-28-24)29-26(34)22-8-4-5-9-23(22)30-12-14-31(15-13-30)25(33)18-32-17-19-6-2-3-7-21(19)27(32)35/h2-11,16-17,35H,12-15,18H2,1H3,(H,28,29,34). The Morgan fingerprint density at radius 1 is 1.03 bits per heavy atom. The number of pyridine rings is 1. The van der Waals surface area contributed by atoms with Crippen LogP contribution in [0.4, 0.5) is 11.4 Å². The van der Waals surface area contributed by atoms with E-state index in [1.54, 1.807) is 40.1 Å². The topological polar surface area (TPSA) is 99.9 Å². The number of hydrogen-bond donors (Lipinski definition) is 2. The zero-order chi connectivity index (χ0) is 25.1. The molecule has 9 nitrogen and oxygen atoms in total. The van der Waals surface area contributed by atoms with Gasteiger partial charge in [-0.3, -0.25) is 9.59 Å². The van der Waals surface area contributed by atoms with E-state index in [2.05, 4.69) is 15.2 Å².